The number of carbonyl (C=O) groups excluding carboxylic acids is 4. The van der Waals surface area contributed by atoms with Gasteiger partial charge in [0.1, 0.15) is 18.7 Å². The van der Waals surface area contributed by atoms with E-state index in [1.807, 2.05) is 45.9 Å². The number of rotatable bonds is 15. The summed E-state index contributed by atoms with van der Waals surface area (Å²) in [5.41, 5.74) is 0.137. The van der Waals surface area contributed by atoms with Crippen LogP contribution < -0.4 is 21.3 Å². The van der Waals surface area contributed by atoms with Gasteiger partial charge in [-0.2, -0.15) is 0 Å². The highest BCUT2D eigenvalue weighted by molar-refractivity contribution is 5.92. The first kappa shape index (κ1) is 34.3. The highest BCUT2D eigenvalue weighted by Gasteiger charge is 2.34. The third-order valence-electron chi connectivity index (χ3n) is 6.49. The lowest BCUT2D eigenvalue weighted by molar-refractivity contribution is -0.135. The number of amides is 4. The number of hydrogen-bond acceptors (Lipinski definition) is 7. The summed E-state index contributed by atoms with van der Waals surface area (Å²) in [5, 5.41) is 19.9. The number of carboxylic acid groups (broad SMARTS) is 1. The van der Waals surface area contributed by atoms with Crippen LogP contribution in [-0.2, 0) is 35.3 Å². The molecule has 0 bridgehead atoms. The summed E-state index contributed by atoms with van der Waals surface area (Å²) in [6.07, 6.45) is 2.23. The van der Waals surface area contributed by atoms with Crippen molar-refractivity contribution in [1.29, 1.82) is 0 Å². The SMILES string of the molecule is CCC[C@H](NC(=O)[C@@H](NC(=O)OCc1ccccc1)C(C)OC(C)(C)C)C(=O)N[C@H](/C=C/C(=O)O)CC1CCNC1=O. The Morgan fingerprint density at radius 1 is 1.10 bits per heavy atom. The van der Waals surface area contributed by atoms with Gasteiger partial charge < -0.3 is 35.8 Å². The van der Waals surface area contributed by atoms with Crippen molar-refractivity contribution in [3.05, 3.63) is 48.0 Å². The fourth-order valence-electron chi connectivity index (χ4n) is 4.58. The van der Waals surface area contributed by atoms with Crippen LogP contribution in [0.3, 0.4) is 0 Å². The van der Waals surface area contributed by atoms with Crippen molar-refractivity contribution in [1.82, 2.24) is 21.3 Å². The molecule has 1 aliphatic heterocycles. The van der Waals surface area contributed by atoms with E-state index in [-0.39, 0.29) is 31.3 Å². The van der Waals surface area contributed by atoms with E-state index in [1.165, 1.54) is 6.08 Å². The van der Waals surface area contributed by atoms with Crippen molar-refractivity contribution in [2.75, 3.05) is 6.54 Å². The van der Waals surface area contributed by atoms with Crippen LogP contribution in [0.15, 0.2) is 42.5 Å². The zero-order valence-electron chi connectivity index (χ0n) is 25.0. The third kappa shape index (κ3) is 12.3. The van der Waals surface area contributed by atoms with E-state index >= 15 is 0 Å². The Morgan fingerprint density at radius 2 is 1.79 bits per heavy atom. The molecule has 1 aliphatic rings. The first-order chi connectivity index (χ1) is 19.8. The van der Waals surface area contributed by atoms with Gasteiger partial charge in [-0.1, -0.05) is 49.8 Å². The zero-order chi connectivity index (χ0) is 31.3. The van der Waals surface area contributed by atoms with Crippen LogP contribution >= 0.6 is 0 Å². The average molecular weight is 589 g/mol. The minimum absolute atomic E-state index is 0.000648. The van der Waals surface area contributed by atoms with Gasteiger partial charge in [0.15, 0.2) is 0 Å². The molecule has 0 saturated carbocycles. The lowest BCUT2D eigenvalue weighted by Gasteiger charge is -2.31. The minimum Gasteiger partial charge on any atom is -0.478 e. The standard InChI is InChI=1S/C30H44N4O8/c1-6-10-23(27(38)32-22(13-14-24(35)36)17-21-15-16-31-26(21)37)33-28(39)25(19(2)42-30(3,4)5)34-29(40)41-18-20-11-8-7-9-12-20/h7-9,11-14,19,21-23,25H,6,10,15-18H2,1-5H3,(H,31,37)(H,32,38)(H,33,39)(H,34,40)(H,35,36)/b14-13+/t19?,21?,22-,23+,25+/m1/s1. The van der Waals surface area contributed by atoms with E-state index in [1.54, 1.807) is 19.1 Å². The quantitative estimate of drug-likeness (QED) is 0.194. The first-order valence-electron chi connectivity index (χ1n) is 14.2. The second-order valence-corrected chi connectivity index (χ2v) is 11.3. The topological polar surface area (TPSA) is 172 Å². The van der Waals surface area contributed by atoms with Gasteiger partial charge in [0.2, 0.25) is 17.7 Å². The fraction of sp³-hybridized carbons (Fsp3) is 0.567. The number of nitrogens with one attached hydrogen (secondary N) is 4. The lowest BCUT2D eigenvalue weighted by Crippen LogP contribution is -2.58. The summed E-state index contributed by atoms with van der Waals surface area (Å²) >= 11 is 0. The van der Waals surface area contributed by atoms with Crippen LogP contribution in [0.25, 0.3) is 0 Å². The van der Waals surface area contributed by atoms with E-state index in [0.29, 0.717) is 19.4 Å². The Balaban J connectivity index is 2.16. The average Bonchev–Trinajstić information content (AvgIpc) is 3.32. The molecule has 1 fully saturated rings. The summed E-state index contributed by atoms with van der Waals surface area (Å²) < 4.78 is 11.3. The molecule has 232 valence electrons. The summed E-state index contributed by atoms with van der Waals surface area (Å²) in [7, 11) is 0. The van der Waals surface area contributed by atoms with Crippen molar-refractivity contribution >= 4 is 29.8 Å². The summed E-state index contributed by atoms with van der Waals surface area (Å²) in [6, 6.07) is 6.14. The first-order valence-corrected chi connectivity index (χ1v) is 14.2. The molecular weight excluding hydrogens is 544 g/mol. The number of ether oxygens (including phenoxy) is 2. The Labute approximate surface area is 247 Å². The van der Waals surface area contributed by atoms with Crippen LogP contribution in [0.1, 0.15) is 65.9 Å². The molecule has 42 heavy (non-hydrogen) atoms. The molecular formula is C30H44N4O8. The smallest absolute Gasteiger partial charge is 0.408 e. The summed E-state index contributed by atoms with van der Waals surface area (Å²) in [4.78, 5) is 62.7. The molecule has 2 rings (SSSR count). The van der Waals surface area contributed by atoms with E-state index in [0.717, 1.165) is 11.6 Å². The van der Waals surface area contributed by atoms with Crippen molar-refractivity contribution in [2.45, 2.75) is 96.7 Å². The molecule has 1 aromatic carbocycles. The van der Waals surface area contributed by atoms with E-state index in [4.69, 9.17) is 14.6 Å². The molecule has 5 atom stereocenters. The zero-order valence-corrected chi connectivity index (χ0v) is 25.0. The third-order valence-corrected chi connectivity index (χ3v) is 6.49. The van der Waals surface area contributed by atoms with Gasteiger partial charge in [-0.15, -0.1) is 0 Å². The fourth-order valence-corrected chi connectivity index (χ4v) is 4.58. The number of carboxylic acids is 1. The van der Waals surface area contributed by atoms with Gasteiger partial charge in [0.25, 0.3) is 0 Å². The van der Waals surface area contributed by atoms with E-state index in [9.17, 15) is 24.0 Å². The maximum Gasteiger partial charge on any atom is 0.408 e. The number of alkyl carbamates (subject to hydrolysis) is 1. The van der Waals surface area contributed by atoms with Gasteiger partial charge in [-0.25, -0.2) is 9.59 Å². The second kappa shape index (κ2) is 16.5. The van der Waals surface area contributed by atoms with Crippen molar-refractivity contribution < 1.29 is 38.6 Å². The van der Waals surface area contributed by atoms with E-state index in [2.05, 4.69) is 21.3 Å². The molecule has 1 aromatic rings. The lowest BCUT2D eigenvalue weighted by atomic mass is 9.97. The maximum atomic E-state index is 13.5. The van der Waals surface area contributed by atoms with Crippen LogP contribution in [0.5, 0.6) is 0 Å². The second-order valence-electron chi connectivity index (χ2n) is 11.3. The predicted molar refractivity (Wildman–Crippen MR) is 155 cm³/mol. The van der Waals surface area contributed by atoms with Crippen molar-refractivity contribution in [2.24, 2.45) is 5.92 Å². The van der Waals surface area contributed by atoms with Crippen LogP contribution in [-0.4, -0.2) is 71.3 Å². The molecule has 1 saturated heterocycles. The van der Waals surface area contributed by atoms with Gasteiger partial charge in [0.05, 0.1) is 11.7 Å². The van der Waals surface area contributed by atoms with Crippen molar-refractivity contribution in [3.63, 3.8) is 0 Å². The molecule has 12 nitrogen and oxygen atoms in total. The van der Waals surface area contributed by atoms with Crippen LogP contribution in [0, 0.1) is 5.92 Å². The molecule has 4 amide bonds. The summed E-state index contributed by atoms with van der Waals surface area (Å²) in [5.74, 6) is -2.91. The Hall–Kier alpha value is -3.93. The molecule has 0 spiro atoms. The Kier molecular flexibility index (Phi) is 13.5. The monoisotopic (exact) mass is 588 g/mol. The number of aliphatic carboxylic acids is 1. The number of hydrogen-bond donors (Lipinski definition) is 5. The molecule has 1 heterocycles. The molecule has 0 radical (unpaired) electrons. The van der Waals surface area contributed by atoms with Crippen LogP contribution in [0.4, 0.5) is 4.79 Å². The largest absolute Gasteiger partial charge is 0.478 e. The Morgan fingerprint density at radius 3 is 2.36 bits per heavy atom. The highest BCUT2D eigenvalue weighted by atomic mass is 16.6. The van der Waals surface area contributed by atoms with Gasteiger partial charge in [-0.05, 0) is 52.5 Å². The van der Waals surface area contributed by atoms with Gasteiger partial charge in [-0.3, -0.25) is 14.4 Å². The predicted octanol–water partition coefficient (Wildman–Crippen LogP) is 2.42. The van der Waals surface area contributed by atoms with Crippen LogP contribution in [0.2, 0.25) is 0 Å². The number of benzene rings is 1. The minimum atomic E-state index is -1.19. The van der Waals surface area contributed by atoms with Gasteiger partial charge in [0, 0.05) is 24.6 Å². The maximum absolute atomic E-state index is 13.5. The van der Waals surface area contributed by atoms with Crippen molar-refractivity contribution in [3.8, 4) is 0 Å². The molecule has 0 aliphatic carbocycles. The molecule has 5 N–H and O–H groups in total. The highest BCUT2D eigenvalue weighted by Crippen LogP contribution is 2.18. The molecule has 0 aromatic heterocycles. The Bertz CT molecular complexity index is 1100. The van der Waals surface area contributed by atoms with E-state index < -0.39 is 53.7 Å². The molecule has 12 heteroatoms. The number of carbonyl (C=O) groups is 5. The molecule has 2 unspecified atom stereocenters. The van der Waals surface area contributed by atoms with Gasteiger partial charge >= 0.3 is 12.1 Å². The summed E-state index contributed by atoms with van der Waals surface area (Å²) in [6.45, 7) is 9.44. The normalized spacial score (nSPS) is 17.9.